The van der Waals surface area contributed by atoms with Crippen molar-refractivity contribution in [3.63, 3.8) is 0 Å². The van der Waals surface area contributed by atoms with Crippen molar-refractivity contribution in [2.45, 2.75) is 38.5 Å². The van der Waals surface area contributed by atoms with E-state index in [1.54, 1.807) is 7.11 Å². The molecule has 0 radical (unpaired) electrons. The molecule has 0 saturated carbocycles. The maximum Gasteiger partial charge on any atom is 0.135 e. The van der Waals surface area contributed by atoms with Crippen molar-refractivity contribution in [1.82, 2.24) is 9.80 Å². The van der Waals surface area contributed by atoms with Crippen LogP contribution in [0.4, 0.5) is 0 Å². The lowest BCUT2D eigenvalue weighted by atomic mass is 9.85. The highest BCUT2D eigenvalue weighted by molar-refractivity contribution is 5.90. The van der Waals surface area contributed by atoms with E-state index in [4.69, 9.17) is 4.74 Å². The van der Waals surface area contributed by atoms with Crippen molar-refractivity contribution in [1.29, 1.82) is 0 Å². The minimum absolute atomic E-state index is 0.635. The number of hydrogen-bond acceptors (Lipinski definition) is 3. The van der Waals surface area contributed by atoms with Crippen LogP contribution < -0.4 is 4.74 Å². The molecular formula is C25H32N2O. The van der Waals surface area contributed by atoms with Crippen LogP contribution in [-0.4, -0.2) is 56.7 Å². The minimum Gasteiger partial charge on any atom is -0.495 e. The maximum atomic E-state index is 5.74. The zero-order valence-electron chi connectivity index (χ0n) is 17.6. The van der Waals surface area contributed by atoms with Gasteiger partial charge in [-0.3, -0.25) is 4.90 Å². The maximum absolute atomic E-state index is 5.74. The molecule has 0 N–H and O–H groups in total. The van der Waals surface area contributed by atoms with Crippen molar-refractivity contribution < 1.29 is 4.74 Å². The van der Waals surface area contributed by atoms with Crippen LogP contribution in [0.3, 0.4) is 0 Å². The molecule has 0 bridgehead atoms. The second kappa shape index (κ2) is 8.55. The summed E-state index contributed by atoms with van der Waals surface area (Å²) in [6.07, 6.45) is 5.07. The van der Waals surface area contributed by atoms with E-state index >= 15 is 0 Å². The van der Waals surface area contributed by atoms with Crippen molar-refractivity contribution in [3.05, 3.63) is 41.0 Å². The van der Waals surface area contributed by atoms with Gasteiger partial charge in [0, 0.05) is 0 Å². The van der Waals surface area contributed by atoms with Gasteiger partial charge in [-0.25, -0.2) is 0 Å². The van der Waals surface area contributed by atoms with Crippen LogP contribution in [0.2, 0.25) is 0 Å². The predicted octanol–water partition coefficient (Wildman–Crippen LogP) is 4.41. The van der Waals surface area contributed by atoms with Crippen LogP contribution in [0.25, 0.3) is 10.8 Å². The molecule has 3 nitrogen and oxygen atoms in total. The molecule has 0 amide bonds. The average molecular weight is 377 g/mol. The number of nitrogens with zero attached hydrogens (tertiary/aromatic N) is 2. The summed E-state index contributed by atoms with van der Waals surface area (Å²) in [6, 6.07) is 9.13. The fourth-order valence-electron chi connectivity index (χ4n) is 4.69. The first-order valence-electron chi connectivity index (χ1n) is 10.7. The third-order valence-electron chi connectivity index (χ3n) is 6.33. The second-order valence-corrected chi connectivity index (χ2v) is 8.49. The molecule has 148 valence electrons. The molecule has 0 aliphatic carbocycles. The molecule has 2 heterocycles. The highest BCUT2D eigenvalue weighted by Crippen LogP contribution is 2.36. The van der Waals surface area contributed by atoms with Gasteiger partial charge in [0.1, 0.15) is 5.75 Å². The Kier molecular flexibility index (Phi) is 5.90. The Labute approximate surface area is 169 Å². The number of fused-ring (bicyclic) bond motifs is 1. The topological polar surface area (TPSA) is 15.7 Å². The van der Waals surface area contributed by atoms with Crippen molar-refractivity contribution in [2.75, 3.05) is 46.9 Å². The Bertz CT molecular complexity index is 894. The Morgan fingerprint density at radius 3 is 2.50 bits per heavy atom. The first kappa shape index (κ1) is 19.3. The van der Waals surface area contributed by atoms with Crippen molar-refractivity contribution in [3.8, 4) is 17.6 Å². The Hall–Kier alpha value is -2.02. The van der Waals surface area contributed by atoms with Gasteiger partial charge < -0.3 is 9.64 Å². The summed E-state index contributed by atoms with van der Waals surface area (Å²) >= 11 is 0. The Morgan fingerprint density at radius 1 is 1.04 bits per heavy atom. The van der Waals surface area contributed by atoms with E-state index in [0.717, 1.165) is 17.9 Å². The van der Waals surface area contributed by atoms with Gasteiger partial charge in [0.2, 0.25) is 0 Å². The molecule has 2 aliphatic heterocycles. The van der Waals surface area contributed by atoms with E-state index in [2.05, 4.69) is 59.9 Å². The molecule has 0 aromatic heterocycles. The summed E-state index contributed by atoms with van der Waals surface area (Å²) in [7, 11) is 3.98. The SMILES string of the molecule is COc1cc2c(C3CCN(C)CC3)cc(C)cc2cc1C#CCN1CCCC1. The van der Waals surface area contributed by atoms with Crippen LogP contribution in [0.1, 0.15) is 48.3 Å². The summed E-state index contributed by atoms with van der Waals surface area (Å²) < 4.78 is 5.74. The van der Waals surface area contributed by atoms with Gasteiger partial charge in [-0.2, -0.15) is 0 Å². The van der Waals surface area contributed by atoms with Gasteiger partial charge in [0.25, 0.3) is 0 Å². The molecule has 3 heteroatoms. The number of benzene rings is 2. The molecule has 2 aromatic rings. The monoisotopic (exact) mass is 376 g/mol. The Morgan fingerprint density at radius 2 is 1.79 bits per heavy atom. The van der Waals surface area contributed by atoms with Crippen LogP contribution in [-0.2, 0) is 0 Å². The first-order chi connectivity index (χ1) is 13.6. The normalized spacial score (nSPS) is 19.0. The number of rotatable bonds is 3. The number of hydrogen-bond donors (Lipinski definition) is 0. The fourth-order valence-corrected chi connectivity index (χ4v) is 4.69. The number of ether oxygens (including phenoxy) is 1. The van der Waals surface area contributed by atoms with Crippen molar-refractivity contribution in [2.24, 2.45) is 0 Å². The highest BCUT2D eigenvalue weighted by Gasteiger charge is 2.21. The summed E-state index contributed by atoms with van der Waals surface area (Å²) in [4.78, 5) is 4.87. The first-order valence-corrected chi connectivity index (χ1v) is 10.7. The zero-order valence-corrected chi connectivity index (χ0v) is 17.6. The van der Waals surface area contributed by atoms with Crippen LogP contribution in [0.5, 0.6) is 5.75 Å². The zero-order chi connectivity index (χ0) is 19.5. The molecular weight excluding hydrogens is 344 g/mol. The van der Waals surface area contributed by atoms with E-state index < -0.39 is 0 Å². The lowest BCUT2D eigenvalue weighted by molar-refractivity contribution is 0.256. The van der Waals surface area contributed by atoms with Crippen molar-refractivity contribution >= 4 is 10.8 Å². The van der Waals surface area contributed by atoms with Gasteiger partial charge >= 0.3 is 0 Å². The molecule has 2 aliphatic rings. The smallest absolute Gasteiger partial charge is 0.135 e. The van der Waals surface area contributed by atoms with Gasteiger partial charge in [0.15, 0.2) is 0 Å². The molecule has 2 aromatic carbocycles. The standard InChI is InChI=1S/C25H32N2O/c1-19-15-22-17-21(7-6-12-27-10-4-5-11-27)25(28-3)18-24(22)23(16-19)20-8-13-26(2)14-9-20/h15-18,20H,4-5,8-14H2,1-3H3. The number of likely N-dealkylation sites (tertiary alicyclic amines) is 2. The molecule has 2 saturated heterocycles. The largest absolute Gasteiger partial charge is 0.495 e. The molecule has 28 heavy (non-hydrogen) atoms. The van der Waals surface area contributed by atoms with Gasteiger partial charge in [-0.15, -0.1) is 0 Å². The molecule has 0 spiro atoms. The fraction of sp³-hybridized carbons (Fsp3) is 0.520. The summed E-state index contributed by atoms with van der Waals surface area (Å²) in [5.41, 5.74) is 3.83. The number of aryl methyl sites for hydroxylation is 1. The number of methoxy groups -OCH3 is 1. The van der Waals surface area contributed by atoms with E-state index in [1.165, 1.54) is 73.8 Å². The van der Waals surface area contributed by atoms with E-state index in [1.807, 2.05) is 0 Å². The van der Waals surface area contributed by atoms with Crippen LogP contribution in [0, 0.1) is 18.8 Å². The van der Waals surface area contributed by atoms with Gasteiger partial charge in [0.05, 0.1) is 19.2 Å². The predicted molar refractivity (Wildman–Crippen MR) is 117 cm³/mol. The molecule has 0 atom stereocenters. The second-order valence-electron chi connectivity index (χ2n) is 8.49. The molecule has 2 fully saturated rings. The highest BCUT2D eigenvalue weighted by atomic mass is 16.5. The lowest BCUT2D eigenvalue weighted by Crippen LogP contribution is -2.29. The molecule has 0 unspecified atom stereocenters. The summed E-state index contributed by atoms with van der Waals surface area (Å²) in [5, 5.41) is 2.63. The number of piperidine rings is 1. The van der Waals surface area contributed by atoms with Crippen LogP contribution in [0.15, 0.2) is 24.3 Å². The van der Waals surface area contributed by atoms with E-state index in [0.29, 0.717) is 5.92 Å². The molecule has 4 rings (SSSR count). The quantitative estimate of drug-likeness (QED) is 0.738. The third kappa shape index (κ3) is 4.19. The summed E-state index contributed by atoms with van der Waals surface area (Å²) in [6.45, 7) is 7.79. The minimum atomic E-state index is 0.635. The Balaban J connectivity index is 1.68. The van der Waals surface area contributed by atoms with Gasteiger partial charge in [-0.05, 0) is 100 Å². The van der Waals surface area contributed by atoms with E-state index in [-0.39, 0.29) is 0 Å². The average Bonchev–Trinajstić information content (AvgIpc) is 3.21. The van der Waals surface area contributed by atoms with Gasteiger partial charge in [-0.1, -0.05) is 29.5 Å². The third-order valence-corrected chi connectivity index (χ3v) is 6.33. The van der Waals surface area contributed by atoms with E-state index in [9.17, 15) is 0 Å². The lowest BCUT2D eigenvalue weighted by Gasteiger charge is -2.30. The van der Waals surface area contributed by atoms with Crippen LogP contribution >= 0.6 is 0 Å². The summed E-state index contributed by atoms with van der Waals surface area (Å²) in [5.74, 6) is 8.29.